The molecule has 6 nitrogen and oxygen atoms in total. The van der Waals surface area contributed by atoms with Crippen molar-refractivity contribution in [3.63, 3.8) is 0 Å². The fourth-order valence-electron chi connectivity index (χ4n) is 2.75. The smallest absolute Gasteiger partial charge is 0.317 e. The van der Waals surface area contributed by atoms with E-state index in [0.29, 0.717) is 32.6 Å². The summed E-state index contributed by atoms with van der Waals surface area (Å²) in [4.78, 5) is 25.3. The van der Waals surface area contributed by atoms with Crippen LogP contribution in [0.5, 0.6) is 0 Å². The number of carbonyl (C=O) groups excluding carboxylic acids is 2. The van der Waals surface area contributed by atoms with Crippen LogP contribution in [-0.2, 0) is 6.42 Å². The highest BCUT2D eigenvalue weighted by molar-refractivity contribution is 5.76. The Bertz CT molecular complexity index is 567. The van der Waals surface area contributed by atoms with Crippen LogP contribution in [0.1, 0.15) is 25.3 Å². The van der Waals surface area contributed by atoms with Gasteiger partial charge in [-0.15, -0.1) is 0 Å². The summed E-state index contributed by atoms with van der Waals surface area (Å²) in [5.41, 5.74) is 0.922. The number of benzene rings is 1. The number of carbonyl (C=O) groups is 2. The average Bonchev–Trinajstić information content (AvgIpc) is 3.00. The number of likely N-dealkylation sites (tertiary alicyclic amines) is 1. The second kappa shape index (κ2) is 9.10. The van der Waals surface area contributed by atoms with Crippen LogP contribution in [0.3, 0.4) is 0 Å². The first-order valence-electron chi connectivity index (χ1n) is 8.40. The van der Waals surface area contributed by atoms with Crippen molar-refractivity contribution in [3.05, 3.63) is 35.6 Å². The third-order valence-electron chi connectivity index (χ3n) is 3.96. The number of hydrogen-bond donors (Lipinski definition) is 3. The molecule has 4 amide bonds. The van der Waals surface area contributed by atoms with E-state index in [-0.39, 0.29) is 23.9 Å². The van der Waals surface area contributed by atoms with Gasteiger partial charge in [0.2, 0.25) is 0 Å². The minimum Gasteiger partial charge on any atom is -0.338 e. The van der Waals surface area contributed by atoms with Crippen molar-refractivity contribution in [3.8, 4) is 0 Å². The molecule has 1 aromatic rings. The molecule has 1 atom stereocenters. The Balaban J connectivity index is 1.61. The van der Waals surface area contributed by atoms with E-state index in [4.69, 9.17) is 0 Å². The maximum absolute atomic E-state index is 13.1. The molecule has 0 aliphatic carbocycles. The van der Waals surface area contributed by atoms with E-state index < -0.39 is 0 Å². The lowest BCUT2D eigenvalue weighted by Gasteiger charge is -2.17. The van der Waals surface area contributed by atoms with Gasteiger partial charge in [0, 0.05) is 32.2 Å². The van der Waals surface area contributed by atoms with Gasteiger partial charge in [-0.2, -0.15) is 0 Å². The summed E-state index contributed by atoms with van der Waals surface area (Å²) < 4.78 is 13.1. The Hall–Kier alpha value is -2.31. The van der Waals surface area contributed by atoms with Gasteiger partial charge in [0.15, 0.2) is 0 Å². The highest BCUT2D eigenvalue weighted by Gasteiger charge is 2.26. The van der Waals surface area contributed by atoms with Gasteiger partial charge in [-0.1, -0.05) is 12.1 Å². The molecular weight excluding hydrogens is 311 g/mol. The van der Waals surface area contributed by atoms with E-state index in [1.165, 1.54) is 12.1 Å². The predicted octanol–water partition coefficient (Wildman–Crippen LogP) is 1.86. The van der Waals surface area contributed by atoms with Gasteiger partial charge < -0.3 is 20.9 Å². The number of nitrogens with one attached hydrogen (secondary N) is 3. The molecule has 1 aliphatic rings. The van der Waals surface area contributed by atoms with E-state index in [1.54, 1.807) is 11.0 Å². The van der Waals surface area contributed by atoms with E-state index in [9.17, 15) is 14.0 Å². The molecule has 1 heterocycles. The molecule has 1 aromatic carbocycles. The molecule has 1 fully saturated rings. The van der Waals surface area contributed by atoms with Crippen LogP contribution in [0.2, 0.25) is 0 Å². The topological polar surface area (TPSA) is 73.5 Å². The molecule has 0 spiro atoms. The molecule has 1 unspecified atom stereocenters. The molecule has 0 aromatic heterocycles. The number of nitrogens with zero attached hydrogens (tertiary/aromatic N) is 1. The second-order valence-electron chi connectivity index (χ2n) is 5.90. The van der Waals surface area contributed by atoms with E-state index in [2.05, 4.69) is 16.0 Å². The third-order valence-corrected chi connectivity index (χ3v) is 3.96. The van der Waals surface area contributed by atoms with Gasteiger partial charge in [0.1, 0.15) is 5.82 Å². The first-order chi connectivity index (χ1) is 11.6. The molecule has 0 radical (unpaired) electrons. The van der Waals surface area contributed by atoms with Gasteiger partial charge in [0.05, 0.1) is 0 Å². The number of rotatable bonds is 6. The third kappa shape index (κ3) is 5.72. The fraction of sp³-hybridized carbons (Fsp3) is 0.529. The van der Waals surface area contributed by atoms with E-state index in [1.807, 2.05) is 13.0 Å². The summed E-state index contributed by atoms with van der Waals surface area (Å²) in [7, 11) is 0. The fourth-order valence-corrected chi connectivity index (χ4v) is 2.75. The quantitative estimate of drug-likeness (QED) is 0.694. The Morgan fingerprint density at radius 2 is 2.17 bits per heavy atom. The predicted molar refractivity (Wildman–Crippen MR) is 90.3 cm³/mol. The van der Waals surface area contributed by atoms with Gasteiger partial charge in [-0.25, -0.2) is 14.0 Å². The molecule has 2 rings (SSSR count). The van der Waals surface area contributed by atoms with Gasteiger partial charge in [0.25, 0.3) is 0 Å². The zero-order valence-corrected chi connectivity index (χ0v) is 14.0. The first-order valence-corrected chi connectivity index (χ1v) is 8.40. The van der Waals surface area contributed by atoms with Gasteiger partial charge >= 0.3 is 12.1 Å². The van der Waals surface area contributed by atoms with Crippen LogP contribution in [-0.4, -0.2) is 49.2 Å². The highest BCUT2D eigenvalue weighted by atomic mass is 19.1. The Morgan fingerprint density at radius 1 is 1.33 bits per heavy atom. The van der Waals surface area contributed by atoms with E-state index in [0.717, 1.165) is 18.4 Å². The lowest BCUT2D eigenvalue weighted by Crippen LogP contribution is -2.45. The van der Waals surface area contributed by atoms with Crippen molar-refractivity contribution in [2.75, 3.05) is 26.2 Å². The number of aryl methyl sites for hydroxylation is 1. The van der Waals surface area contributed by atoms with Gasteiger partial charge in [-0.3, -0.25) is 0 Å². The second-order valence-corrected chi connectivity index (χ2v) is 5.90. The summed E-state index contributed by atoms with van der Waals surface area (Å²) >= 11 is 0. The molecular formula is C17H25FN4O2. The number of urea groups is 2. The molecule has 0 bridgehead atoms. The van der Waals surface area contributed by atoms with Crippen LogP contribution in [0.15, 0.2) is 24.3 Å². The lowest BCUT2D eigenvalue weighted by molar-refractivity contribution is 0.207. The average molecular weight is 336 g/mol. The number of halogens is 1. The largest absolute Gasteiger partial charge is 0.338 e. The maximum Gasteiger partial charge on any atom is 0.317 e. The summed E-state index contributed by atoms with van der Waals surface area (Å²) in [6.45, 7) is 4.17. The van der Waals surface area contributed by atoms with Crippen molar-refractivity contribution in [1.29, 1.82) is 0 Å². The normalized spacial score (nSPS) is 16.8. The first kappa shape index (κ1) is 18.0. The Kier molecular flexibility index (Phi) is 6.84. The van der Waals surface area contributed by atoms with E-state index >= 15 is 0 Å². The zero-order valence-electron chi connectivity index (χ0n) is 14.0. The molecule has 3 N–H and O–H groups in total. The zero-order chi connectivity index (χ0) is 17.4. The monoisotopic (exact) mass is 336 g/mol. The summed E-state index contributed by atoms with van der Waals surface area (Å²) in [6.07, 6.45) is 2.22. The molecule has 7 heteroatoms. The molecule has 1 saturated heterocycles. The van der Waals surface area contributed by atoms with Crippen molar-refractivity contribution >= 4 is 12.1 Å². The minimum atomic E-state index is -0.240. The molecule has 132 valence electrons. The molecule has 1 aliphatic heterocycles. The molecule has 24 heavy (non-hydrogen) atoms. The van der Waals surface area contributed by atoms with Crippen LogP contribution >= 0.6 is 0 Å². The summed E-state index contributed by atoms with van der Waals surface area (Å²) in [5.74, 6) is -0.240. The summed E-state index contributed by atoms with van der Waals surface area (Å²) in [6, 6.07) is 6.16. The summed E-state index contributed by atoms with van der Waals surface area (Å²) in [5, 5.41) is 8.44. The van der Waals surface area contributed by atoms with Crippen molar-refractivity contribution in [2.24, 2.45) is 0 Å². The van der Waals surface area contributed by atoms with Crippen LogP contribution in [0, 0.1) is 5.82 Å². The van der Waals surface area contributed by atoms with Crippen molar-refractivity contribution < 1.29 is 14.0 Å². The van der Waals surface area contributed by atoms with Crippen LogP contribution in [0.25, 0.3) is 0 Å². The standard InChI is InChI=1S/C17H25FN4O2/c1-2-19-17(24)22-10-8-15(12-22)21-16(23)20-9-4-6-13-5-3-7-14(18)11-13/h3,5,7,11,15H,2,4,6,8-10,12H2,1H3,(H,19,24)(H2,20,21,23). The van der Waals surface area contributed by atoms with Crippen LogP contribution in [0.4, 0.5) is 14.0 Å². The Labute approximate surface area is 141 Å². The SMILES string of the molecule is CCNC(=O)N1CCC(NC(=O)NCCCc2cccc(F)c2)C1. The number of amides is 4. The van der Waals surface area contributed by atoms with Gasteiger partial charge in [-0.05, 0) is 43.9 Å². The number of hydrogen-bond acceptors (Lipinski definition) is 2. The maximum atomic E-state index is 13.1. The Morgan fingerprint density at radius 3 is 2.92 bits per heavy atom. The highest BCUT2D eigenvalue weighted by Crippen LogP contribution is 2.09. The van der Waals surface area contributed by atoms with Crippen LogP contribution < -0.4 is 16.0 Å². The minimum absolute atomic E-state index is 0.0178. The van der Waals surface area contributed by atoms with Crippen molar-refractivity contribution in [1.82, 2.24) is 20.9 Å². The van der Waals surface area contributed by atoms with Crippen molar-refractivity contribution in [2.45, 2.75) is 32.2 Å². The molecule has 0 saturated carbocycles. The lowest BCUT2D eigenvalue weighted by atomic mass is 10.1.